The number of nitrogens with zero attached hydrogens (tertiary/aromatic N) is 3. The number of anilines is 2. The highest BCUT2D eigenvalue weighted by Crippen LogP contribution is 2.45. The van der Waals surface area contributed by atoms with Gasteiger partial charge in [-0.15, -0.1) is 0 Å². The molecule has 2 aliphatic rings. The van der Waals surface area contributed by atoms with Gasteiger partial charge in [0.25, 0.3) is 0 Å². The highest BCUT2D eigenvalue weighted by atomic mass is 32.2. The van der Waals surface area contributed by atoms with Crippen LogP contribution in [-0.2, 0) is 0 Å². The Morgan fingerprint density at radius 2 is 1.66 bits per heavy atom. The molecule has 5 heteroatoms. The molecule has 0 aromatic heterocycles. The summed E-state index contributed by atoms with van der Waals surface area (Å²) in [5.41, 5.74) is 2.48. The van der Waals surface area contributed by atoms with E-state index in [1.807, 2.05) is 24.1 Å². The maximum absolute atomic E-state index is 13.2. The first-order valence-corrected chi connectivity index (χ1v) is 11.2. The topological polar surface area (TPSA) is 9.72 Å². The zero-order chi connectivity index (χ0) is 19.8. The maximum Gasteiger partial charge on any atom is 0.123 e. The highest BCUT2D eigenvalue weighted by molar-refractivity contribution is 8.01. The average molecular weight is 408 g/mol. The monoisotopic (exact) mass is 407 g/mol. The third-order valence-corrected chi connectivity index (χ3v) is 7.34. The van der Waals surface area contributed by atoms with E-state index in [0.717, 1.165) is 44.8 Å². The second kappa shape index (κ2) is 7.88. The molecule has 0 saturated carbocycles. The Balaban J connectivity index is 1.17. The van der Waals surface area contributed by atoms with Gasteiger partial charge in [0.05, 0.1) is 5.69 Å². The number of piperazine rings is 1. The van der Waals surface area contributed by atoms with Crippen molar-refractivity contribution in [3.05, 3.63) is 66.5 Å². The Bertz CT molecular complexity index is 993. The first kappa shape index (κ1) is 18.8. The van der Waals surface area contributed by atoms with Gasteiger partial charge in [-0.05, 0) is 67.1 Å². The predicted molar refractivity (Wildman–Crippen MR) is 121 cm³/mol. The molecule has 3 nitrogen and oxygen atoms in total. The molecule has 1 fully saturated rings. The Labute approximate surface area is 176 Å². The van der Waals surface area contributed by atoms with Crippen LogP contribution in [0, 0.1) is 5.82 Å². The molecule has 2 aliphatic heterocycles. The normalized spacial score (nSPS) is 17.9. The highest BCUT2D eigenvalue weighted by Gasteiger charge is 2.25. The van der Waals surface area contributed by atoms with Crippen LogP contribution in [0.25, 0.3) is 10.8 Å². The van der Waals surface area contributed by atoms with Gasteiger partial charge in [0.1, 0.15) is 5.82 Å². The summed E-state index contributed by atoms with van der Waals surface area (Å²) in [7, 11) is 0. The number of hydrogen-bond acceptors (Lipinski definition) is 4. The van der Waals surface area contributed by atoms with E-state index in [9.17, 15) is 4.39 Å². The molecule has 0 amide bonds. The van der Waals surface area contributed by atoms with Crippen LogP contribution in [0.3, 0.4) is 0 Å². The Morgan fingerprint density at radius 3 is 2.41 bits per heavy atom. The van der Waals surface area contributed by atoms with E-state index < -0.39 is 0 Å². The summed E-state index contributed by atoms with van der Waals surface area (Å²) >= 11 is 1.88. The lowest BCUT2D eigenvalue weighted by atomic mass is 10.1. The van der Waals surface area contributed by atoms with E-state index in [2.05, 4.69) is 57.4 Å². The number of hydrogen-bond donors (Lipinski definition) is 0. The van der Waals surface area contributed by atoms with E-state index in [4.69, 9.17) is 0 Å². The number of benzene rings is 3. The molecule has 29 heavy (non-hydrogen) atoms. The van der Waals surface area contributed by atoms with Crippen LogP contribution in [-0.4, -0.2) is 43.7 Å². The summed E-state index contributed by atoms with van der Waals surface area (Å²) in [5, 5.41) is 2.74. The van der Waals surface area contributed by atoms with Gasteiger partial charge in [-0.25, -0.2) is 4.39 Å². The summed E-state index contributed by atoms with van der Waals surface area (Å²) in [6.45, 7) is 7.52. The van der Waals surface area contributed by atoms with Crippen LogP contribution in [0.2, 0.25) is 0 Å². The van der Waals surface area contributed by atoms with Crippen molar-refractivity contribution in [3.63, 3.8) is 0 Å². The lowest BCUT2D eigenvalue weighted by Crippen LogP contribution is -2.50. The average Bonchev–Trinajstić information content (AvgIpc) is 3.12. The van der Waals surface area contributed by atoms with Crippen molar-refractivity contribution in [2.75, 3.05) is 41.9 Å². The van der Waals surface area contributed by atoms with Crippen LogP contribution in [0.4, 0.5) is 15.8 Å². The SMILES string of the molecule is CC(CCN1Sc2cccc3cccc1c23)N1CCN(c2ccc(F)cc2)CC1. The fourth-order valence-corrected chi connectivity index (χ4v) is 5.60. The Kier molecular flexibility index (Phi) is 5.10. The summed E-state index contributed by atoms with van der Waals surface area (Å²) in [6, 6.07) is 20.6. The van der Waals surface area contributed by atoms with Crippen molar-refractivity contribution in [3.8, 4) is 0 Å². The molecule has 3 aromatic rings. The van der Waals surface area contributed by atoms with Crippen molar-refractivity contribution in [2.45, 2.75) is 24.3 Å². The van der Waals surface area contributed by atoms with Gasteiger partial charge in [-0.3, -0.25) is 4.90 Å². The molecule has 0 spiro atoms. The second-order valence-corrected chi connectivity index (χ2v) is 9.03. The molecule has 0 bridgehead atoms. The number of halogens is 1. The summed E-state index contributed by atoms with van der Waals surface area (Å²) in [6.07, 6.45) is 1.15. The van der Waals surface area contributed by atoms with Gasteiger partial charge in [-0.2, -0.15) is 0 Å². The second-order valence-electron chi connectivity index (χ2n) is 7.96. The van der Waals surface area contributed by atoms with Crippen molar-refractivity contribution < 1.29 is 4.39 Å². The van der Waals surface area contributed by atoms with Gasteiger partial charge < -0.3 is 9.21 Å². The smallest absolute Gasteiger partial charge is 0.123 e. The zero-order valence-corrected chi connectivity index (χ0v) is 17.5. The van der Waals surface area contributed by atoms with E-state index in [1.165, 1.54) is 21.4 Å². The Morgan fingerprint density at radius 1 is 0.931 bits per heavy atom. The number of rotatable bonds is 5. The van der Waals surface area contributed by atoms with Crippen molar-refractivity contribution in [2.24, 2.45) is 0 Å². The molecular weight excluding hydrogens is 381 g/mol. The van der Waals surface area contributed by atoms with Crippen molar-refractivity contribution in [1.29, 1.82) is 0 Å². The first-order valence-electron chi connectivity index (χ1n) is 10.4. The lowest BCUT2D eigenvalue weighted by molar-refractivity contribution is 0.191. The van der Waals surface area contributed by atoms with Crippen molar-refractivity contribution in [1.82, 2.24) is 4.90 Å². The van der Waals surface area contributed by atoms with Crippen LogP contribution >= 0.6 is 11.9 Å². The van der Waals surface area contributed by atoms with E-state index in [-0.39, 0.29) is 5.82 Å². The fourth-order valence-electron chi connectivity index (χ4n) is 4.46. The van der Waals surface area contributed by atoms with Gasteiger partial charge in [0, 0.05) is 54.7 Å². The molecule has 3 aromatic carbocycles. The molecule has 0 aliphatic carbocycles. The summed E-state index contributed by atoms with van der Waals surface area (Å²) < 4.78 is 15.6. The van der Waals surface area contributed by atoms with E-state index in [0.29, 0.717) is 6.04 Å². The molecule has 0 radical (unpaired) electrons. The van der Waals surface area contributed by atoms with Crippen LogP contribution in [0.1, 0.15) is 13.3 Å². The van der Waals surface area contributed by atoms with Gasteiger partial charge in [0.15, 0.2) is 0 Å². The lowest BCUT2D eigenvalue weighted by Gasteiger charge is -2.39. The molecule has 5 rings (SSSR count). The first-order chi connectivity index (χ1) is 14.2. The van der Waals surface area contributed by atoms with Crippen LogP contribution in [0.5, 0.6) is 0 Å². The molecule has 150 valence electrons. The molecule has 2 heterocycles. The van der Waals surface area contributed by atoms with Gasteiger partial charge in [0.2, 0.25) is 0 Å². The predicted octanol–water partition coefficient (Wildman–Crippen LogP) is 5.41. The molecular formula is C24H26FN3S. The third-order valence-electron chi connectivity index (χ3n) is 6.20. The minimum absolute atomic E-state index is 0.168. The zero-order valence-electron chi connectivity index (χ0n) is 16.7. The van der Waals surface area contributed by atoms with Gasteiger partial charge >= 0.3 is 0 Å². The maximum atomic E-state index is 13.2. The van der Waals surface area contributed by atoms with Crippen molar-refractivity contribution >= 4 is 34.1 Å². The van der Waals surface area contributed by atoms with Gasteiger partial charge in [-0.1, -0.05) is 24.3 Å². The molecule has 1 unspecified atom stereocenters. The summed E-state index contributed by atoms with van der Waals surface area (Å²) in [5.74, 6) is -0.168. The van der Waals surface area contributed by atoms with Crippen LogP contribution in [0.15, 0.2) is 65.6 Å². The summed E-state index contributed by atoms with van der Waals surface area (Å²) in [4.78, 5) is 6.32. The molecule has 0 N–H and O–H groups in total. The fraction of sp³-hybridized carbons (Fsp3) is 0.333. The Hall–Kier alpha value is -2.24. The minimum atomic E-state index is -0.168. The van der Waals surface area contributed by atoms with E-state index in [1.54, 1.807) is 12.1 Å². The minimum Gasteiger partial charge on any atom is -0.369 e. The quantitative estimate of drug-likeness (QED) is 0.523. The molecule has 1 atom stereocenters. The largest absolute Gasteiger partial charge is 0.369 e. The van der Waals surface area contributed by atoms with Crippen LogP contribution < -0.4 is 9.21 Å². The molecule has 1 saturated heterocycles. The van der Waals surface area contributed by atoms with E-state index >= 15 is 0 Å². The standard InChI is InChI=1S/C24H26FN3S/c1-18(26-14-16-27(17-15-26)21-10-8-20(25)9-11-21)12-13-28-22-6-2-4-19-5-3-7-23(29-28)24(19)22/h2-11,18H,12-17H2,1H3. The third kappa shape index (κ3) is 3.69.